The predicted octanol–water partition coefficient (Wildman–Crippen LogP) is -2.02. The van der Waals surface area contributed by atoms with Crippen LogP contribution in [0.3, 0.4) is 0 Å². The van der Waals surface area contributed by atoms with Crippen LogP contribution in [0.25, 0.3) is 0 Å². The molecule has 0 aliphatic heterocycles. The van der Waals surface area contributed by atoms with Crippen LogP contribution in [-0.2, 0) is 19.2 Å². The lowest BCUT2D eigenvalue weighted by atomic mass is 9.55. The summed E-state index contributed by atoms with van der Waals surface area (Å²) in [6, 6.07) is 3.17. The second kappa shape index (κ2) is 10.5. The Kier molecular flexibility index (Phi) is 8.28. The molecule has 0 aromatic heterocycles. The molecule has 15 nitrogen and oxygen atoms in total. The molecular formula is C24H28N2O13. The van der Waals surface area contributed by atoms with Crippen molar-refractivity contribution in [3.05, 3.63) is 52.0 Å². The zero-order valence-corrected chi connectivity index (χ0v) is 20.8. The number of primary amides is 1. The molecule has 0 saturated carbocycles. The number of ketones is 2. The molecule has 212 valence electrons. The molecule has 1 aromatic carbocycles. The number of carboxylic acids is 2. The number of carbonyl (C=O) groups is 5. The Labute approximate surface area is 220 Å². The number of aliphatic carboxylic acids is 2. The zero-order chi connectivity index (χ0) is 29.0. The molecule has 6 atom stereocenters. The number of amides is 1. The van der Waals surface area contributed by atoms with Gasteiger partial charge in [0.05, 0.1) is 23.6 Å². The SMILES string of the molecule is C[C@H]1c2cccc(O)c2C(=O)C2=C(O)[C@]3(O)C(=O)C(C(N)=O)=C(O)[C@@H](N(C)C)[C@@H]3[C@@H](O)[C@@H]21.O.O=C(O)C(=O)O. The van der Waals surface area contributed by atoms with Gasteiger partial charge in [-0.25, -0.2) is 9.59 Å². The van der Waals surface area contributed by atoms with Crippen LogP contribution in [0.4, 0.5) is 0 Å². The third-order valence-corrected chi connectivity index (χ3v) is 7.18. The minimum Gasteiger partial charge on any atom is -0.510 e. The number of hydrogen-bond acceptors (Lipinski definition) is 11. The molecule has 0 spiro atoms. The van der Waals surface area contributed by atoms with E-state index in [4.69, 9.17) is 25.5 Å². The van der Waals surface area contributed by atoms with Crippen LogP contribution in [0.15, 0.2) is 40.9 Å². The number of phenolic OH excluding ortho intramolecular Hbond substituents is 1. The first kappa shape index (κ1) is 30.9. The summed E-state index contributed by atoms with van der Waals surface area (Å²) in [7, 11) is 2.98. The first-order chi connectivity index (χ1) is 17.5. The van der Waals surface area contributed by atoms with Crippen LogP contribution in [0.2, 0.25) is 0 Å². The van der Waals surface area contributed by atoms with Gasteiger partial charge < -0.3 is 47.0 Å². The molecule has 0 heterocycles. The van der Waals surface area contributed by atoms with Crippen LogP contribution < -0.4 is 5.73 Å². The molecule has 39 heavy (non-hydrogen) atoms. The topological polar surface area (TPSA) is 288 Å². The second-order valence-electron chi connectivity index (χ2n) is 9.40. The Balaban J connectivity index is 0.000000687. The molecular weight excluding hydrogens is 524 g/mol. The molecule has 15 heteroatoms. The van der Waals surface area contributed by atoms with Gasteiger partial charge in [-0.05, 0) is 31.6 Å². The first-order valence-electron chi connectivity index (χ1n) is 11.1. The van der Waals surface area contributed by atoms with Crippen molar-refractivity contribution < 1.29 is 65.2 Å². The number of nitrogens with zero attached hydrogens (tertiary/aromatic N) is 1. The molecule has 0 saturated heterocycles. The van der Waals surface area contributed by atoms with Crippen LogP contribution in [0.1, 0.15) is 28.8 Å². The van der Waals surface area contributed by atoms with E-state index in [1.165, 1.54) is 25.1 Å². The number of likely N-dealkylation sites (N-methyl/N-ethyl adjacent to an activating group) is 1. The van der Waals surface area contributed by atoms with Crippen LogP contribution in [-0.4, -0.2) is 107 Å². The van der Waals surface area contributed by atoms with Gasteiger partial charge in [0.25, 0.3) is 5.91 Å². The molecule has 0 radical (unpaired) electrons. The van der Waals surface area contributed by atoms with Crippen molar-refractivity contribution in [1.82, 2.24) is 4.90 Å². The highest BCUT2D eigenvalue weighted by Crippen LogP contribution is 2.55. The second-order valence-corrected chi connectivity index (χ2v) is 9.40. The normalized spacial score (nSPS) is 29.3. The van der Waals surface area contributed by atoms with Crippen molar-refractivity contribution in [3.63, 3.8) is 0 Å². The molecule has 0 fully saturated rings. The highest BCUT2D eigenvalue weighted by Gasteiger charge is 2.67. The fourth-order valence-electron chi connectivity index (χ4n) is 5.58. The van der Waals surface area contributed by atoms with Gasteiger partial charge in [0.2, 0.25) is 5.78 Å². The number of rotatable bonds is 2. The summed E-state index contributed by atoms with van der Waals surface area (Å²) < 4.78 is 0. The number of Topliss-reactive ketones (excluding diaryl/α,β-unsaturated/α-hetero) is 2. The molecule has 11 N–H and O–H groups in total. The molecule has 0 unspecified atom stereocenters. The van der Waals surface area contributed by atoms with Gasteiger partial charge in [0.1, 0.15) is 22.8 Å². The average Bonchev–Trinajstić information content (AvgIpc) is 2.81. The standard InChI is InChI=1S/C22H24N2O8.C2H2O4.H2O/c1-7-8-5-4-6-9(25)11(8)16(26)12-10(7)17(27)14-15(24(2)3)18(28)13(21(23)31)20(30)22(14,32)19(12)29;3-1(4)2(5)6;/h4-7,10,14-15,17,25,27-29,32H,1-3H3,(H2,23,31);(H,3,4)(H,5,6);1H2/t7-,10+,14+,15-,17-,22-;;/m0../s1. The quantitative estimate of drug-likeness (QED) is 0.145. The Hall–Kier alpha value is -4.31. The third kappa shape index (κ3) is 4.40. The predicted molar refractivity (Wildman–Crippen MR) is 129 cm³/mol. The molecule has 0 bridgehead atoms. The smallest absolute Gasteiger partial charge is 0.414 e. The summed E-state index contributed by atoms with van der Waals surface area (Å²) >= 11 is 0. The van der Waals surface area contributed by atoms with E-state index in [1.54, 1.807) is 19.1 Å². The van der Waals surface area contributed by atoms with E-state index in [9.17, 15) is 39.9 Å². The summed E-state index contributed by atoms with van der Waals surface area (Å²) in [6.07, 6.45) is -1.59. The highest BCUT2D eigenvalue weighted by atomic mass is 16.4. The van der Waals surface area contributed by atoms with Gasteiger partial charge in [0.15, 0.2) is 11.4 Å². The van der Waals surface area contributed by atoms with Gasteiger partial charge >= 0.3 is 11.9 Å². The summed E-state index contributed by atoms with van der Waals surface area (Å²) in [6.45, 7) is 1.68. The van der Waals surface area contributed by atoms with E-state index in [2.05, 4.69) is 0 Å². The van der Waals surface area contributed by atoms with Crippen molar-refractivity contribution in [1.29, 1.82) is 0 Å². The lowest BCUT2D eigenvalue weighted by Crippen LogP contribution is -2.68. The minimum atomic E-state index is -2.89. The molecule has 3 aliphatic rings. The van der Waals surface area contributed by atoms with Crippen molar-refractivity contribution in [2.75, 3.05) is 14.1 Å². The van der Waals surface area contributed by atoms with E-state index in [-0.39, 0.29) is 16.8 Å². The number of aliphatic hydroxyl groups excluding tert-OH is 3. The Morgan fingerprint density at radius 1 is 1.03 bits per heavy atom. The number of benzene rings is 1. The van der Waals surface area contributed by atoms with Crippen LogP contribution in [0.5, 0.6) is 5.75 Å². The van der Waals surface area contributed by atoms with Gasteiger partial charge in [-0.2, -0.15) is 0 Å². The van der Waals surface area contributed by atoms with E-state index in [0.29, 0.717) is 5.56 Å². The monoisotopic (exact) mass is 552 g/mol. The molecule has 1 aromatic rings. The zero-order valence-electron chi connectivity index (χ0n) is 20.8. The van der Waals surface area contributed by atoms with Gasteiger partial charge in [0, 0.05) is 11.5 Å². The fraction of sp³-hybridized carbons (Fsp3) is 0.375. The number of nitrogens with two attached hydrogens (primary N) is 1. The highest BCUT2D eigenvalue weighted by molar-refractivity contribution is 6.27. The van der Waals surface area contributed by atoms with Gasteiger partial charge in [-0.1, -0.05) is 19.1 Å². The number of aromatic hydroxyl groups is 1. The number of hydrogen-bond donors (Lipinski definition) is 8. The van der Waals surface area contributed by atoms with Crippen molar-refractivity contribution in [2.45, 2.75) is 30.6 Å². The maximum absolute atomic E-state index is 13.3. The number of carbonyl (C=O) groups excluding carboxylic acids is 3. The van der Waals surface area contributed by atoms with E-state index in [1.807, 2.05) is 0 Å². The molecule has 4 rings (SSSR count). The largest absolute Gasteiger partial charge is 0.510 e. The third-order valence-electron chi connectivity index (χ3n) is 7.18. The number of phenols is 1. The van der Waals surface area contributed by atoms with Crippen LogP contribution in [0, 0.1) is 11.8 Å². The number of aliphatic hydroxyl groups is 4. The molecule has 3 aliphatic carbocycles. The van der Waals surface area contributed by atoms with Crippen molar-refractivity contribution >= 4 is 29.4 Å². The van der Waals surface area contributed by atoms with Crippen LogP contribution >= 0.6 is 0 Å². The maximum atomic E-state index is 13.3. The van der Waals surface area contributed by atoms with E-state index < -0.39 is 87.6 Å². The lowest BCUT2D eigenvalue weighted by Gasteiger charge is -2.53. The van der Waals surface area contributed by atoms with E-state index in [0.717, 1.165) is 0 Å². The van der Waals surface area contributed by atoms with Gasteiger partial charge in [-0.15, -0.1) is 0 Å². The maximum Gasteiger partial charge on any atom is 0.414 e. The average molecular weight is 552 g/mol. The Morgan fingerprint density at radius 2 is 1.56 bits per heavy atom. The summed E-state index contributed by atoms with van der Waals surface area (Å²) in [5.74, 6) is -12.5. The lowest BCUT2D eigenvalue weighted by molar-refractivity contribution is -0.162. The summed E-state index contributed by atoms with van der Waals surface area (Å²) in [5.41, 5.74) is 1.36. The number of carboxylic acid groups (broad SMARTS) is 2. The van der Waals surface area contributed by atoms with Gasteiger partial charge in [-0.3, -0.25) is 19.3 Å². The Bertz CT molecular complexity index is 1320. The van der Waals surface area contributed by atoms with Crippen molar-refractivity contribution in [3.8, 4) is 5.75 Å². The van der Waals surface area contributed by atoms with E-state index >= 15 is 0 Å². The number of fused-ring (bicyclic) bond motifs is 3. The first-order valence-corrected chi connectivity index (χ1v) is 11.1. The summed E-state index contributed by atoms with van der Waals surface area (Å²) in [5, 5.41) is 69.8. The fourth-order valence-corrected chi connectivity index (χ4v) is 5.58. The van der Waals surface area contributed by atoms with Crippen molar-refractivity contribution in [2.24, 2.45) is 17.6 Å². The Morgan fingerprint density at radius 3 is 2.03 bits per heavy atom. The summed E-state index contributed by atoms with van der Waals surface area (Å²) in [4.78, 5) is 58.0. The molecule has 1 amide bonds. The minimum absolute atomic E-state index is 0.